The van der Waals surface area contributed by atoms with Crippen LogP contribution in [0.25, 0.3) is 0 Å². The fraction of sp³-hybridized carbons (Fsp3) is 0.182. The van der Waals surface area contributed by atoms with Crippen molar-refractivity contribution in [1.82, 2.24) is 14.8 Å². The molecule has 0 aliphatic carbocycles. The Morgan fingerprint density at radius 3 is 2.76 bits per heavy atom. The molecule has 0 amide bonds. The highest BCUT2D eigenvalue weighted by molar-refractivity contribution is 7.99. The molecular formula is C11H10FN3OS. The van der Waals surface area contributed by atoms with Gasteiger partial charge in [0, 0.05) is 17.5 Å². The number of hydrogen-bond acceptors (Lipinski definition) is 4. The Morgan fingerprint density at radius 1 is 1.41 bits per heavy atom. The first kappa shape index (κ1) is 11.8. The number of aldehydes is 1. The largest absolute Gasteiger partial charge is 0.309 e. The molecular weight excluding hydrogens is 241 g/mol. The van der Waals surface area contributed by atoms with E-state index >= 15 is 0 Å². The lowest BCUT2D eigenvalue weighted by atomic mass is 10.2. The van der Waals surface area contributed by atoms with E-state index in [4.69, 9.17) is 0 Å². The molecule has 2 aromatic rings. The summed E-state index contributed by atoms with van der Waals surface area (Å²) >= 11 is 1.29. The first-order valence-electron chi connectivity index (χ1n) is 4.90. The first-order valence-corrected chi connectivity index (χ1v) is 5.72. The number of nitrogens with zero attached hydrogens (tertiary/aromatic N) is 3. The summed E-state index contributed by atoms with van der Waals surface area (Å²) in [6.07, 6.45) is 0.634. The Balaban J connectivity index is 2.36. The van der Waals surface area contributed by atoms with Crippen LogP contribution < -0.4 is 0 Å². The molecule has 4 nitrogen and oxygen atoms in total. The van der Waals surface area contributed by atoms with Crippen LogP contribution in [-0.4, -0.2) is 21.1 Å². The Labute approximate surface area is 102 Å². The van der Waals surface area contributed by atoms with Gasteiger partial charge in [-0.05, 0) is 36.9 Å². The van der Waals surface area contributed by atoms with Gasteiger partial charge in [0.25, 0.3) is 0 Å². The number of benzene rings is 1. The molecule has 1 aromatic carbocycles. The van der Waals surface area contributed by atoms with E-state index in [1.807, 2.05) is 18.5 Å². The van der Waals surface area contributed by atoms with Gasteiger partial charge in [-0.1, -0.05) is 0 Å². The summed E-state index contributed by atoms with van der Waals surface area (Å²) in [7, 11) is 1.84. The van der Waals surface area contributed by atoms with Crippen molar-refractivity contribution < 1.29 is 9.18 Å². The molecule has 88 valence electrons. The summed E-state index contributed by atoms with van der Waals surface area (Å²) in [5, 5.41) is 8.55. The van der Waals surface area contributed by atoms with Crippen molar-refractivity contribution >= 4 is 18.0 Å². The molecule has 17 heavy (non-hydrogen) atoms. The molecule has 0 unspecified atom stereocenters. The second kappa shape index (κ2) is 4.67. The van der Waals surface area contributed by atoms with Crippen molar-refractivity contribution in [3.05, 3.63) is 35.4 Å². The number of rotatable bonds is 3. The third kappa shape index (κ3) is 2.36. The standard InChI is InChI=1S/C11H10FN3OS/c1-7-13-14-11(15(7)2)17-10-4-3-9(12)5-8(10)6-16/h3-6H,1-2H3. The summed E-state index contributed by atoms with van der Waals surface area (Å²) in [6, 6.07) is 4.09. The van der Waals surface area contributed by atoms with Gasteiger partial charge in [-0.15, -0.1) is 10.2 Å². The minimum atomic E-state index is -0.425. The van der Waals surface area contributed by atoms with Crippen LogP contribution >= 0.6 is 11.8 Å². The van der Waals surface area contributed by atoms with Crippen LogP contribution in [0, 0.1) is 12.7 Å². The summed E-state index contributed by atoms with van der Waals surface area (Å²) < 4.78 is 14.8. The summed E-state index contributed by atoms with van der Waals surface area (Å²) in [6.45, 7) is 1.84. The monoisotopic (exact) mass is 251 g/mol. The van der Waals surface area contributed by atoms with Gasteiger partial charge in [0.05, 0.1) is 0 Å². The minimum absolute atomic E-state index is 0.315. The number of hydrogen-bond donors (Lipinski definition) is 0. The van der Waals surface area contributed by atoms with Crippen molar-refractivity contribution in [2.24, 2.45) is 7.05 Å². The normalized spacial score (nSPS) is 10.5. The van der Waals surface area contributed by atoms with Crippen LogP contribution in [-0.2, 0) is 7.05 Å². The number of aromatic nitrogens is 3. The highest BCUT2D eigenvalue weighted by atomic mass is 32.2. The predicted octanol–water partition coefficient (Wildman–Crippen LogP) is 2.23. The lowest BCUT2D eigenvalue weighted by molar-refractivity contribution is 0.112. The zero-order chi connectivity index (χ0) is 12.4. The van der Waals surface area contributed by atoms with Gasteiger partial charge in [-0.3, -0.25) is 4.79 Å². The molecule has 0 N–H and O–H groups in total. The summed E-state index contributed by atoms with van der Waals surface area (Å²) in [5.41, 5.74) is 0.315. The molecule has 0 aliphatic heterocycles. The summed E-state index contributed by atoms with van der Waals surface area (Å²) in [5.74, 6) is 0.355. The maximum absolute atomic E-state index is 13.0. The second-order valence-electron chi connectivity index (χ2n) is 3.49. The molecule has 0 saturated heterocycles. The SMILES string of the molecule is Cc1nnc(Sc2ccc(F)cc2C=O)n1C. The van der Waals surface area contributed by atoms with E-state index in [-0.39, 0.29) is 0 Å². The van der Waals surface area contributed by atoms with Crippen LogP contribution in [0.1, 0.15) is 16.2 Å². The average Bonchev–Trinajstić information content (AvgIpc) is 2.63. The van der Waals surface area contributed by atoms with E-state index in [0.717, 1.165) is 5.82 Å². The van der Waals surface area contributed by atoms with Crippen molar-refractivity contribution in [2.75, 3.05) is 0 Å². The Bertz CT molecular complexity index is 568. The lowest BCUT2D eigenvalue weighted by Crippen LogP contribution is -1.94. The molecule has 1 heterocycles. The molecule has 6 heteroatoms. The molecule has 1 aromatic heterocycles. The maximum atomic E-state index is 13.0. The van der Waals surface area contributed by atoms with Gasteiger partial charge in [0.1, 0.15) is 11.6 Å². The topological polar surface area (TPSA) is 47.8 Å². The fourth-order valence-corrected chi connectivity index (χ4v) is 2.19. The van der Waals surface area contributed by atoms with E-state index in [9.17, 15) is 9.18 Å². The third-order valence-corrected chi connectivity index (χ3v) is 3.48. The van der Waals surface area contributed by atoms with Crippen molar-refractivity contribution in [2.45, 2.75) is 17.0 Å². The molecule has 2 rings (SSSR count). The van der Waals surface area contributed by atoms with Crippen LogP contribution in [0.15, 0.2) is 28.3 Å². The van der Waals surface area contributed by atoms with E-state index in [2.05, 4.69) is 10.2 Å². The predicted molar refractivity (Wildman–Crippen MR) is 61.7 cm³/mol. The maximum Gasteiger partial charge on any atom is 0.195 e. The highest BCUT2D eigenvalue weighted by Crippen LogP contribution is 2.28. The number of carbonyl (C=O) groups is 1. The molecule has 0 aliphatic rings. The number of aryl methyl sites for hydroxylation is 1. The molecule has 0 atom stereocenters. The van der Waals surface area contributed by atoms with Gasteiger partial charge in [0.2, 0.25) is 0 Å². The van der Waals surface area contributed by atoms with Crippen LogP contribution in [0.4, 0.5) is 4.39 Å². The lowest BCUT2D eigenvalue weighted by Gasteiger charge is -2.04. The minimum Gasteiger partial charge on any atom is -0.309 e. The van der Waals surface area contributed by atoms with Gasteiger partial charge < -0.3 is 4.57 Å². The van der Waals surface area contributed by atoms with Gasteiger partial charge in [-0.25, -0.2) is 4.39 Å². The average molecular weight is 251 g/mol. The Kier molecular flexibility index (Phi) is 3.23. The van der Waals surface area contributed by atoms with Gasteiger partial charge in [-0.2, -0.15) is 0 Å². The van der Waals surface area contributed by atoms with Crippen molar-refractivity contribution in [3.63, 3.8) is 0 Å². The van der Waals surface area contributed by atoms with Gasteiger partial charge in [0.15, 0.2) is 11.4 Å². The van der Waals surface area contributed by atoms with E-state index in [1.165, 1.54) is 23.9 Å². The van der Waals surface area contributed by atoms with E-state index < -0.39 is 5.82 Å². The van der Waals surface area contributed by atoms with Crippen LogP contribution in [0.3, 0.4) is 0 Å². The van der Waals surface area contributed by atoms with Crippen LogP contribution in [0.5, 0.6) is 0 Å². The zero-order valence-corrected chi connectivity index (χ0v) is 10.2. The van der Waals surface area contributed by atoms with Gasteiger partial charge >= 0.3 is 0 Å². The quantitative estimate of drug-likeness (QED) is 0.785. The molecule has 0 bridgehead atoms. The zero-order valence-electron chi connectivity index (χ0n) is 9.35. The fourth-order valence-electron chi connectivity index (χ4n) is 1.28. The van der Waals surface area contributed by atoms with E-state index in [0.29, 0.717) is 21.9 Å². The second-order valence-corrected chi connectivity index (χ2v) is 4.50. The molecule has 0 spiro atoms. The van der Waals surface area contributed by atoms with Crippen molar-refractivity contribution in [1.29, 1.82) is 0 Å². The summed E-state index contributed by atoms with van der Waals surface area (Å²) in [4.78, 5) is 11.5. The van der Waals surface area contributed by atoms with Crippen molar-refractivity contribution in [3.8, 4) is 0 Å². The first-order chi connectivity index (χ1) is 8.11. The van der Waals surface area contributed by atoms with E-state index in [1.54, 1.807) is 6.07 Å². The third-order valence-electron chi connectivity index (χ3n) is 2.35. The molecule has 0 saturated carbocycles. The van der Waals surface area contributed by atoms with Crippen LogP contribution in [0.2, 0.25) is 0 Å². The molecule has 0 fully saturated rings. The highest BCUT2D eigenvalue weighted by Gasteiger charge is 2.10. The Morgan fingerprint density at radius 2 is 2.18 bits per heavy atom. The molecule has 0 radical (unpaired) electrons. The number of halogens is 1. The number of carbonyl (C=O) groups excluding carboxylic acids is 1. The smallest absolute Gasteiger partial charge is 0.195 e. The Hall–Kier alpha value is -1.69.